The Bertz CT molecular complexity index is 1600. The van der Waals surface area contributed by atoms with Gasteiger partial charge < -0.3 is 14.2 Å². The van der Waals surface area contributed by atoms with Gasteiger partial charge in [-0.3, -0.25) is 9.80 Å². The van der Waals surface area contributed by atoms with E-state index >= 15 is 0 Å². The topological polar surface area (TPSA) is 51.2 Å². The summed E-state index contributed by atoms with van der Waals surface area (Å²) < 4.78 is 49.3. The van der Waals surface area contributed by atoms with Crippen LogP contribution in [0, 0.1) is 17.6 Å². The van der Waals surface area contributed by atoms with Crippen LogP contribution in [0.4, 0.5) is 13.6 Å². The third-order valence-corrected chi connectivity index (χ3v) is 9.33. The van der Waals surface area contributed by atoms with E-state index in [2.05, 4.69) is 43.0 Å². The first-order valence-corrected chi connectivity index (χ1v) is 18.5. The first kappa shape index (κ1) is 39.1. The summed E-state index contributed by atoms with van der Waals surface area (Å²) in [6.07, 6.45) is 0.764. The molecule has 0 aliphatic carbocycles. The highest BCUT2D eigenvalue weighted by Gasteiger charge is 2.44. The molecule has 4 atom stereocenters. The zero-order valence-electron chi connectivity index (χ0n) is 31.2. The largest absolute Gasteiger partial charge is 0.444 e. The smallest absolute Gasteiger partial charge is 0.410 e. The van der Waals surface area contributed by atoms with Gasteiger partial charge in [-0.25, -0.2) is 13.6 Å². The summed E-state index contributed by atoms with van der Waals surface area (Å²) in [5, 5.41) is 0. The third kappa shape index (κ3) is 12.0. The van der Waals surface area contributed by atoms with Crippen molar-refractivity contribution in [3.63, 3.8) is 0 Å². The highest BCUT2D eigenvalue weighted by molar-refractivity contribution is 5.69. The average Bonchev–Trinajstić information content (AvgIpc) is 3.10. The molecule has 278 valence electrons. The number of hydrogen-bond acceptors (Lipinski definition) is 5. The second-order valence-electron chi connectivity index (χ2n) is 15.3. The van der Waals surface area contributed by atoms with Crippen LogP contribution < -0.4 is 0 Å². The van der Waals surface area contributed by atoms with Crippen molar-refractivity contribution >= 4 is 6.09 Å². The Balaban J connectivity index is 1.63. The average molecular weight is 713 g/mol. The molecule has 0 radical (unpaired) electrons. The van der Waals surface area contributed by atoms with E-state index in [1.165, 1.54) is 12.1 Å². The lowest BCUT2D eigenvalue weighted by Gasteiger charge is -2.47. The normalized spacial score (nSPS) is 17.7. The molecule has 4 aromatic rings. The van der Waals surface area contributed by atoms with Crippen LogP contribution in [0.15, 0.2) is 109 Å². The van der Waals surface area contributed by atoms with Gasteiger partial charge in [-0.15, -0.1) is 0 Å². The Morgan fingerprint density at radius 1 is 0.827 bits per heavy atom. The third-order valence-electron chi connectivity index (χ3n) is 9.33. The van der Waals surface area contributed by atoms with Crippen molar-refractivity contribution in [1.82, 2.24) is 9.80 Å². The Labute approximate surface area is 308 Å². The van der Waals surface area contributed by atoms with Gasteiger partial charge in [-0.2, -0.15) is 0 Å². The predicted molar refractivity (Wildman–Crippen MR) is 202 cm³/mol. The van der Waals surface area contributed by atoms with E-state index in [1.807, 2.05) is 87.5 Å². The molecule has 4 unspecified atom stereocenters. The summed E-state index contributed by atoms with van der Waals surface area (Å²) in [6, 6.07) is 32.8. The van der Waals surface area contributed by atoms with Crippen LogP contribution in [0.25, 0.3) is 0 Å². The quantitative estimate of drug-likeness (QED) is 0.123. The number of benzene rings is 4. The number of hydrogen-bond donors (Lipinski definition) is 0. The van der Waals surface area contributed by atoms with Crippen molar-refractivity contribution in [3.8, 4) is 0 Å². The molecule has 1 amide bonds. The lowest BCUT2D eigenvalue weighted by atomic mass is 9.91. The molecule has 4 aromatic carbocycles. The van der Waals surface area contributed by atoms with Crippen molar-refractivity contribution in [2.45, 2.75) is 103 Å². The molecule has 0 aromatic heterocycles. The molecule has 52 heavy (non-hydrogen) atoms. The van der Waals surface area contributed by atoms with Gasteiger partial charge in [0.15, 0.2) is 0 Å². The summed E-state index contributed by atoms with van der Waals surface area (Å²) in [5.41, 5.74) is 2.90. The van der Waals surface area contributed by atoms with Crippen LogP contribution in [-0.2, 0) is 40.3 Å². The van der Waals surface area contributed by atoms with Crippen molar-refractivity contribution in [2.75, 3.05) is 13.2 Å². The van der Waals surface area contributed by atoms with Gasteiger partial charge >= 0.3 is 6.09 Å². The number of ether oxygens (including phenoxy) is 3. The van der Waals surface area contributed by atoms with E-state index < -0.39 is 41.5 Å². The number of nitrogens with zero attached hydrogens (tertiary/aromatic N) is 2. The molecule has 1 fully saturated rings. The standard InChI is InChI=1S/C44H54F2N2O4/c1-32(2)21-22-39-29-48(43(49)52-44(3,4)5)41(31-50-39)42(51-30-35-19-13-8-14-20-35)40(25-36-23-37(45)26-38(46)24-36)47(27-33-15-9-6-10-16-33)28-34-17-11-7-12-18-34/h6-20,23-24,26,32,39-42H,21-22,25,27-31H2,1-5H3. The first-order chi connectivity index (χ1) is 24.9. The molecule has 0 spiro atoms. The number of carbonyl (C=O) groups is 1. The SMILES string of the molecule is CC(C)CCC1CN(C(=O)OC(C)(C)C)C(C(OCc2ccccc2)C(Cc2cc(F)cc(F)c2)N(Cc2ccccc2)Cc2ccccc2)CO1. The molecule has 1 aliphatic rings. The van der Waals surface area contributed by atoms with Crippen molar-refractivity contribution < 1.29 is 27.8 Å². The lowest BCUT2D eigenvalue weighted by Crippen LogP contribution is -2.63. The molecule has 0 saturated carbocycles. The van der Waals surface area contributed by atoms with E-state index in [9.17, 15) is 13.6 Å². The van der Waals surface area contributed by atoms with E-state index in [4.69, 9.17) is 14.2 Å². The van der Waals surface area contributed by atoms with Crippen LogP contribution in [0.5, 0.6) is 0 Å². The Morgan fingerprint density at radius 3 is 1.88 bits per heavy atom. The molecule has 1 aliphatic heterocycles. The number of carbonyl (C=O) groups excluding carboxylic acids is 1. The predicted octanol–water partition coefficient (Wildman–Crippen LogP) is 9.60. The van der Waals surface area contributed by atoms with Gasteiger partial charge in [0, 0.05) is 25.2 Å². The summed E-state index contributed by atoms with van der Waals surface area (Å²) in [7, 11) is 0. The molecule has 1 saturated heterocycles. The molecule has 6 nitrogen and oxygen atoms in total. The maximum absolute atomic E-state index is 14.8. The minimum atomic E-state index is -0.723. The molecule has 1 heterocycles. The molecular weight excluding hydrogens is 658 g/mol. The van der Waals surface area contributed by atoms with Crippen LogP contribution in [0.2, 0.25) is 0 Å². The zero-order valence-corrected chi connectivity index (χ0v) is 31.2. The zero-order chi connectivity index (χ0) is 37.1. The molecule has 0 N–H and O–H groups in total. The number of halogens is 2. The fourth-order valence-corrected chi connectivity index (χ4v) is 6.82. The summed E-state index contributed by atoms with van der Waals surface area (Å²) in [4.78, 5) is 18.3. The van der Waals surface area contributed by atoms with Gasteiger partial charge in [0.05, 0.1) is 38.0 Å². The highest BCUT2D eigenvalue weighted by atomic mass is 19.1. The molecule has 8 heteroatoms. The number of amides is 1. The lowest BCUT2D eigenvalue weighted by molar-refractivity contribution is -0.137. The second kappa shape index (κ2) is 18.6. The van der Waals surface area contributed by atoms with E-state index in [1.54, 1.807) is 4.90 Å². The summed E-state index contributed by atoms with van der Waals surface area (Å²) >= 11 is 0. The fourth-order valence-electron chi connectivity index (χ4n) is 6.82. The maximum Gasteiger partial charge on any atom is 0.410 e. The fraction of sp³-hybridized carbons (Fsp3) is 0.432. The highest BCUT2D eigenvalue weighted by Crippen LogP contribution is 2.30. The van der Waals surface area contributed by atoms with Gasteiger partial charge in [0.2, 0.25) is 0 Å². The Morgan fingerprint density at radius 2 is 1.37 bits per heavy atom. The Hall–Kier alpha value is -4.11. The minimum Gasteiger partial charge on any atom is -0.444 e. The monoisotopic (exact) mass is 712 g/mol. The Kier molecular flexibility index (Phi) is 14.0. The van der Waals surface area contributed by atoms with E-state index in [0.29, 0.717) is 31.1 Å². The van der Waals surface area contributed by atoms with Crippen molar-refractivity contribution in [3.05, 3.63) is 143 Å². The molecule has 0 bridgehead atoms. The second-order valence-corrected chi connectivity index (χ2v) is 15.3. The van der Waals surface area contributed by atoms with Gasteiger partial charge in [-0.05, 0) is 80.3 Å². The maximum atomic E-state index is 14.8. The van der Waals surface area contributed by atoms with Crippen LogP contribution in [0.1, 0.15) is 69.7 Å². The summed E-state index contributed by atoms with van der Waals surface area (Å²) in [5.74, 6) is -0.797. The van der Waals surface area contributed by atoms with E-state index in [0.717, 1.165) is 35.6 Å². The van der Waals surface area contributed by atoms with Crippen LogP contribution in [0.3, 0.4) is 0 Å². The molecular formula is C44H54F2N2O4. The van der Waals surface area contributed by atoms with Crippen molar-refractivity contribution in [2.24, 2.45) is 5.92 Å². The first-order valence-electron chi connectivity index (χ1n) is 18.5. The molecule has 5 rings (SSSR count). The van der Waals surface area contributed by atoms with Crippen molar-refractivity contribution in [1.29, 1.82) is 0 Å². The van der Waals surface area contributed by atoms with Gasteiger partial charge in [-0.1, -0.05) is 105 Å². The van der Waals surface area contributed by atoms with Crippen LogP contribution >= 0.6 is 0 Å². The minimum absolute atomic E-state index is 0.165. The van der Waals surface area contributed by atoms with Crippen LogP contribution in [-0.4, -0.2) is 58.9 Å². The van der Waals surface area contributed by atoms with Gasteiger partial charge in [0.25, 0.3) is 0 Å². The number of rotatable bonds is 15. The number of morpholine rings is 1. The van der Waals surface area contributed by atoms with Gasteiger partial charge in [0.1, 0.15) is 17.2 Å². The summed E-state index contributed by atoms with van der Waals surface area (Å²) in [6.45, 7) is 11.8. The van der Waals surface area contributed by atoms with E-state index in [-0.39, 0.29) is 25.7 Å².